The van der Waals surface area contributed by atoms with Crippen LogP contribution in [0.15, 0.2) is 24.5 Å². The van der Waals surface area contributed by atoms with Gasteiger partial charge in [0.05, 0.1) is 0 Å². The molecule has 21 heavy (non-hydrogen) atoms. The van der Waals surface area contributed by atoms with Gasteiger partial charge < -0.3 is 10.2 Å². The monoisotopic (exact) mass is 291 g/mol. The lowest BCUT2D eigenvalue weighted by molar-refractivity contribution is -0.130. The fraction of sp³-hybridized carbons (Fsp3) is 0.562. The molecule has 0 radical (unpaired) electrons. The first kappa shape index (κ1) is 17.1. The summed E-state index contributed by atoms with van der Waals surface area (Å²) in [6.45, 7) is 7.07. The lowest BCUT2D eigenvalue weighted by Crippen LogP contribution is -2.39. The number of nitrogens with zero attached hydrogens (tertiary/aromatic N) is 2. The quantitative estimate of drug-likeness (QED) is 0.796. The highest BCUT2D eigenvalue weighted by Crippen LogP contribution is 2.07. The van der Waals surface area contributed by atoms with Crippen LogP contribution >= 0.6 is 0 Å². The molecule has 1 aromatic heterocycles. The van der Waals surface area contributed by atoms with Gasteiger partial charge in [0, 0.05) is 44.9 Å². The molecule has 0 spiro atoms. The van der Waals surface area contributed by atoms with Gasteiger partial charge in [-0.25, -0.2) is 0 Å². The molecule has 0 bridgehead atoms. The van der Waals surface area contributed by atoms with Gasteiger partial charge in [-0.3, -0.25) is 14.6 Å². The van der Waals surface area contributed by atoms with Crippen LogP contribution < -0.4 is 5.32 Å². The molecule has 0 saturated carbocycles. The first-order valence-electron chi connectivity index (χ1n) is 7.50. The van der Waals surface area contributed by atoms with Crippen LogP contribution in [-0.2, 0) is 16.1 Å². The predicted octanol–water partition coefficient (Wildman–Crippen LogP) is 1.98. The number of carbonyl (C=O) groups excluding carboxylic acids is 2. The van der Waals surface area contributed by atoms with Crippen molar-refractivity contribution in [1.82, 2.24) is 15.2 Å². The van der Waals surface area contributed by atoms with E-state index in [4.69, 9.17) is 0 Å². The number of hydrogen-bond donors (Lipinski definition) is 1. The fourth-order valence-electron chi connectivity index (χ4n) is 2.18. The summed E-state index contributed by atoms with van der Waals surface area (Å²) < 4.78 is 0. The Bertz CT molecular complexity index is 444. The van der Waals surface area contributed by atoms with E-state index in [9.17, 15) is 9.59 Å². The highest BCUT2D eigenvalue weighted by molar-refractivity contribution is 5.78. The van der Waals surface area contributed by atoms with Gasteiger partial charge in [-0.05, 0) is 24.5 Å². The summed E-state index contributed by atoms with van der Waals surface area (Å²) in [6, 6.07) is 3.79. The molecule has 0 aliphatic rings. The lowest BCUT2D eigenvalue weighted by Gasteiger charge is -2.22. The van der Waals surface area contributed by atoms with Gasteiger partial charge in [0.2, 0.25) is 11.8 Å². The molecule has 0 atom stereocenters. The molecule has 0 aliphatic carbocycles. The summed E-state index contributed by atoms with van der Waals surface area (Å²) in [4.78, 5) is 29.3. The van der Waals surface area contributed by atoms with Gasteiger partial charge in [0.1, 0.15) is 0 Å². The Morgan fingerprint density at radius 2 is 2.05 bits per heavy atom. The van der Waals surface area contributed by atoms with E-state index in [0.717, 1.165) is 18.4 Å². The number of carbonyl (C=O) groups is 2. The minimum absolute atomic E-state index is 0.00404. The average Bonchev–Trinajstić information content (AvgIpc) is 2.48. The number of aromatic nitrogens is 1. The minimum atomic E-state index is -0.00404. The zero-order chi connectivity index (χ0) is 15.7. The van der Waals surface area contributed by atoms with E-state index >= 15 is 0 Å². The molecule has 5 heteroatoms. The Morgan fingerprint density at radius 3 is 2.57 bits per heavy atom. The zero-order valence-corrected chi connectivity index (χ0v) is 13.1. The Morgan fingerprint density at radius 1 is 1.33 bits per heavy atom. The second-order valence-electron chi connectivity index (χ2n) is 5.11. The Kier molecular flexibility index (Phi) is 7.43. The van der Waals surface area contributed by atoms with Crippen molar-refractivity contribution in [2.75, 3.05) is 13.1 Å². The molecule has 1 rings (SSSR count). The summed E-state index contributed by atoms with van der Waals surface area (Å²) >= 11 is 0. The highest BCUT2D eigenvalue weighted by Gasteiger charge is 2.14. The second kappa shape index (κ2) is 9.10. The lowest BCUT2D eigenvalue weighted by atomic mass is 10.0. The number of hydrogen-bond acceptors (Lipinski definition) is 3. The Balaban J connectivity index is 2.45. The van der Waals surface area contributed by atoms with E-state index in [1.54, 1.807) is 24.2 Å². The molecule has 1 aromatic rings. The van der Waals surface area contributed by atoms with Crippen molar-refractivity contribution in [3.05, 3.63) is 30.1 Å². The number of amides is 2. The van der Waals surface area contributed by atoms with Crippen molar-refractivity contribution in [1.29, 1.82) is 0 Å². The summed E-state index contributed by atoms with van der Waals surface area (Å²) in [5.41, 5.74) is 0.985. The third kappa shape index (κ3) is 5.94. The molecule has 116 valence electrons. The largest absolute Gasteiger partial charge is 0.354 e. The van der Waals surface area contributed by atoms with E-state index in [0.29, 0.717) is 19.6 Å². The SMILES string of the molecule is CCC(CC)C(=O)NCCN(Cc1cccnc1)C(C)=O. The van der Waals surface area contributed by atoms with E-state index < -0.39 is 0 Å². The molecule has 0 aromatic carbocycles. The smallest absolute Gasteiger partial charge is 0.223 e. The predicted molar refractivity (Wildman–Crippen MR) is 82.4 cm³/mol. The molecular weight excluding hydrogens is 266 g/mol. The summed E-state index contributed by atoms with van der Waals surface area (Å²) in [7, 11) is 0. The third-order valence-corrected chi connectivity index (χ3v) is 3.58. The van der Waals surface area contributed by atoms with Crippen molar-refractivity contribution in [3.63, 3.8) is 0 Å². The third-order valence-electron chi connectivity index (χ3n) is 3.58. The molecule has 5 nitrogen and oxygen atoms in total. The van der Waals surface area contributed by atoms with Crippen LogP contribution in [-0.4, -0.2) is 34.8 Å². The van der Waals surface area contributed by atoms with Gasteiger partial charge >= 0.3 is 0 Å². The Hall–Kier alpha value is -1.91. The molecule has 1 heterocycles. The molecular formula is C16H25N3O2. The Labute approximate surface area is 126 Å². The summed E-state index contributed by atoms with van der Waals surface area (Å²) in [5.74, 6) is 0.134. The molecule has 0 aliphatic heterocycles. The second-order valence-corrected chi connectivity index (χ2v) is 5.11. The van der Waals surface area contributed by atoms with Crippen LogP contribution in [0.3, 0.4) is 0 Å². The maximum absolute atomic E-state index is 11.9. The fourth-order valence-corrected chi connectivity index (χ4v) is 2.18. The van der Waals surface area contributed by atoms with Gasteiger partial charge in [-0.2, -0.15) is 0 Å². The van der Waals surface area contributed by atoms with Crippen LogP contribution in [0.1, 0.15) is 39.2 Å². The van der Waals surface area contributed by atoms with Gasteiger partial charge in [-0.1, -0.05) is 19.9 Å². The number of nitrogens with one attached hydrogen (secondary N) is 1. The first-order chi connectivity index (χ1) is 10.1. The topological polar surface area (TPSA) is 62.3 Å². The standard InChI is InChI=1S/C16H25N3O2/c1-4-15(5-2)16(21)18-9-10-19(13(3)20)12-14-7-6-8-17-11-14/h6-8,11,15H,4-5,9-10,12H2,1-3H3,(H,18,21). The van der Waals surface area contributed by atoms with Crippen molar-refractivity contribution in [2.45, 2.75) is 40.2 Å². The van der Waals surface area contributed by atoms with Crippen LogP contribution in [0.4, 0.5) is 0 Å². The van der Waals surface area contributed by atoms with Crippen molar-refractivity contribution < 1.29 is 9.59 Å². The van der Waals surface area contributed by atoms with E-state index in [1.807, 2.05) is 26.0 Å². The van der Waals surface area contributed by atoms with E-state index in [-0.39, 0.29) is 17.7 Å². The normalized spacial score (nSPS) is 10.5. The zero-order valence-electron chi connectivity index (χ0n) is 13.1. The van der Waals surface area contributed by atoms with Gasteiger partial charge in [0.25, 0.3) is 0 Å². The van der Waals surface area contributed by atoms with Crippen LogP contribution in [0, 0.1) is 5.92 Å². The number of rotatable bonds is 8. The van der Waals surface area contributed by atoms with Crippen molar-refractivity contribution in [2.24, 2.45) is 5.92 Å². The van der Waals surface area contributed by atoms with Crippen LogP contribution in [0.25, 0.3) is 0 Å². The van der Waals surface area contributed by atoms with E-state index in [1.165, 1.54) is 0 Å². The first-order valence-corrected chi connectivity index (χ1v) is 7.50. The molecule has 1 N–H and O–H groups in total. The van der Waals surface area contributed by atoms with Gasteiger partial charge in [0.15, 0.2) is 0 Å². The number of pyridine rings is 1. The average molecular weight is 291 g/mol. The van der Waals surface area contributed by atoms with Crippen molar-refractivity contribution >= 4 is 11.8 Å². The molecule has 0 unspecified atom stereocenters. The molecule has 0 fully saturated rings. The van der Waals surface area contributed by atoms with Crippen LogP contribution in [0.2, 0.25) is 0 Å². The molecule has 0 saturated heterocycles. The summed E-state index contributed by atoms with van der Waals surface area (Å²) in [6.07, 6.45) is 5.14. The van der Waals surface area contributed by atoms with Crippen molar-refractivity contribution in [3.8, 4) is 0 Å². The highest BCUT2D eigenvalue weighted by atomic mass is 16.2. The maximum atomic E-state index is 11.9. The maximum Gasteiger partial charge on any atom is 0.223 e. The summed E-state index contributed by atoms with van der Waals surface area (Å²) in [5, 5.41) is 2.91. The minimum Gasteiger partial charge on any atom is -0.354 e. The van der Waals surface area contributed by atoms with Crippen LogP contribution in [0.5, 0.6) is 0 Å². The van der Waals surface area contributed by atoms with E-state index in [2.05, 4.69) is 10.3 Å². The molecule has 2 amide bonds. The van der Waals surface area contributed by atoms with Gasteiger partial charge in [-0.15, -0.1) is 0 Å².